The van der Waals surface area contributed by atoms with Crippen LogP contribution >= 0.6 is 0 Å². The molecule has 5 nitrogen and oxygen atoms in total. The number of nitrogens with zero attached hydrogens (tertiary/aromatic N) is 1. The van der Waals surface area contributed by atoms with E-state index in [1.807, 2.05) is 31.2 Å². The highest BCUT2D eigenvalue weighted by Gasteiger charge is 2.34. The minimum absolute atomic E-state index is 0.0201. The summed E-state index contributed by atoms with van der Waals surface area (Å²) in [5.41, 5.74) is 0.716. The summed E-state index contributed by atoms with van der Waals surface area (Å²) in [6, 6.07) is 11.1. The predicted molar refractivity (Wildman–Crippen MR) is 100 cm³/mol. The summed E-state index contributed by atoms with van der Waals surface area (Å²) in [5.74, 6) is -0.0201. The maximum Gasteiger partial charge on any atom is 0.265 e. The Morgan fingerprint density at radius 3 is 2.64 bits per heavy atom. The molecule has 25 heavy (non-hydrogen) atoms. The monoisotopic (exact) mass is 360 g/mol. The third-order valence-corrected chi connectivity index (χ3v) is 6.43. The fourth-order valence-corrected chi connectivity index (χ4v) is 5.18. The van der Waals surface area contributed by atoms with Gasteiger partial charge >= 0.3 is 0 Å². The Morgan fingerprint density at radius 1 is 1.20 bits per heavy atom. The first-order chi connectivity index (χ1) is 11.9. The number of nitrogens with one attached hydrogen (secondary N) is 1. The van der Waals surface area contributed by atoms with Gasteiger partial charge in [0.2, 0.25) is 5.91 Å². The Kier molecular flexibility index (Phi) is 4.99. The number of rotatable bonds is 7. The van der Waals surface area contributed by atoms with Gasteiger partial charge in [0.15, 0.2) is 0 Å². The zero-order valence-corrected chi connectivity index (χ0v) is 15.5. The van der Waals surface area contributed by atoms with E-state index in [-0.39, 0.29) is 11.9 Å². The maximum atomic E-state index is 12.8. The third-order valence-electron chi connectivity index (χ3n) is 4.58. The second kappa shape index (κ2) is 7.04. The number of benzene rings is 2. The summed E-state index contributed by atoms with van der Waals surface area (Å²) in [4.78, 5) is 12.4. The van der Waals surface area contributed by atoms with E-state index in [1.54, 1.807) is 12.1 Å². The van der Waals surface area contributed by atoms with Crippen LogP contribution in [0.15, 0.2) is 41.3 Å². The first-order valence-corrected chi connectivity index (χ1v) is 10.2. The average molecular weight is 360 g/mol. The van der Waals surface area contributed by atoms with Crippen LogP contribution in [0.1, 0.15) is 39.5 Å². The van der Waals surface area contributed by atoms with E-state index in [1.165, 1.54) is 4.31 Å². The lowest BCUT2D eigenvalue weighted by Gasteiger charge is -2.19. The van der Waals surface area contributed by atoms with Gasteiger partial charge in [0, 0.05) is 24.4 Å². The van der Waals surface area contributed by atoms with Crippen molar-refractivity contribution < 1.29 is 13.2 Å². The highest BCUT2D eigenvalue weighted by Crippen LogP contribution is 2.41. The fraction of sp³-hybridized carbons (Fsp3) is 0.421. The Balaban J connectivity index is 1.70. The molecule has 0 radical (unpaired) electrons. The van der Waals surface area contributed by atoms with Gasteiger partial charge in [-0.2, -0.15) is 0 Å². The zero-order valence-electron chi connectivity index (χ0n) is 14.7. The van der Waals surface area contributed by atoms with Gasteiger partial charge in [0.05, 0.1) is 10.6 Å². The number of amides is 1. The molecule has 0 spiro atoms. The Morgan fingerprint density at radius 2 is 1.92 bits per heavy atom. The molecule has 0 unspecified atom stereocenters. The molecule has 2 aromatic carbocycles. The molecule has 1 aliphatic heterocycles. The van der Waals surface area contributed by atoms with Gasteiger partial charge < -0.3 is 5.32 Å². The summed E-state index contributed by atoms with van der Waals surface area (Å²) in [5, 5.41) is 4.66. The number of anilines is 1. The topological polar surface area (TPSA) is 66.5 Å². The Bertz CT molecular complexity index is 887. The van der Waals surface area contributed by atoms with Gasteiger partial charge in [-0.05, 0) is 37.3 Å². The van der Waals surface area contributed by atoms with Crippen molar-refractivity contribution in [3.63, 3.8) is 0 Å². The first kappa shape index (κ1) is 17.7. The molecule has 0 fully saturated rings. The lowest BCUT2D eigenvalue weighted by Crippen LogP contribution is -2.33. The molecule has 2 aromatic rings. The second-order valence-corrected chi connectivity index (χ2v) is 8.40. The lowest BCUT2D eigenvalue weighted by molar-refractivity contribution is -0.121. The molecule has 0 aromatic heterocycles. The highest BCUT2D eigenvalue weighted by molar-refractivity contribution is 7.93. The molecule has 0 saturated heterocycles. The molecule has 1 atom stereocenters. The van der Waals surface area contributed by atoms with Crippen LogP contribution in [0.4, 0.5) is 5.69 Å². The summed E-state index contributed by atoms with van der Waals surface area (Å²) in [6.07, 6.45) is 2.79. The van der Waals surface area contributed by atoms with Crippen molar-refractivity contribution in [3.05, 3.63) is 36.4 Å². The average Bonchev–Trinajstić information content (AvgIpc) is 2.78. The van der Waals surface area contributed by atoms with Gasteiger partial charge in [-0.3, -0.25) is 9.10 Å². The van der Waals surface area contributed by atoms with Gasteiger partial charge in [-0.1, -0.05) is 37.6 Å². The van der Waals surface area contributed by atoms with Crippen molar-refractivity contribution in [1.29, 1.82) is 0 Å². The molecule has 0 saturated carbocycles. The van der Waals surface area contributed by atoms with Gasteiger partial charge in [-0.15, -0.1) is 0 Å². The Hall–Kier alpha value is -2.08. The summed E-state index contributed by atoms with van der Waals surface area (Å²) in [7, 11) is -3.53. The molecule has 1 amide bonds. The minimum Gasteiger partial charge on any atom is -0.354 e. The molecule has 134 valence electrons. The molecular weight excluding hydrogens is 336 g/mol. The van der Waals surface area contributed by atoms with Gasteiger partial charge in [0.25, 0.3) is 10.0 Å². The van der Waals surface area contributed by atoms with Crippen LogP contribution in [0.5, 0.6) is 0 Å². The summed E-state index contributed by atoms with van der Waals surface area (Å²) < 4.78 is 27.1. The van der Waals surface area contributed by atoms with Crippen LogP contribution in [0.3, 0.4) is 0 Å². The summed E-state index contributed by atoms with van der Waals surface area (Å²) in [6.45, 7) is 4.38. The lowest BCUT2D eigenvalue weighted by atomic mass is 10.1. The van der Waals surface area contributed by atoms with Crippen LogP contribution in [-0.4, -0.2) is 26.9 Å². The van der Waals surface area contributed by atoms with Crippen LogP contribution < -0.4 is 9.62 Å². The smallest absolute Gasteiger partial charge is 0.265 e. The van der Waals surface area contributed by atoms with E-state index >= 15 is 0 Å². The van der Waals surface area contributed by atoms with Crippen molar-refractivity contribution in [3.8, 4) is 0 Å². The van der Waals surface area contributed by atoms with Crippen molar-refractivity contribution in [2.75, 3.05) is 10.8 Å². The number of sulfonamides is 1. The quantitative estimate of drug-likeness (QED) is 0.822. The number of hydrogen-bond acceptors (Lipinski definition) is 3. The maximum absolute atomic E-state index is 12.8. The second-order valence-electron chi connectivity index (χ2n) is 6.57. The molecule has 1 aliphatic rings. The van der Waals surface area contributed by atoms with E-state index in [2.05, 4.69) is 12.2 Å². The first-order valence-electron chi connectivity index (χ1n) is 8.79. The normalized spacial score (nSPS) is 16.2. The Labute approximate surface area is 149 Å². The molecular formula is C19H24N2O3S. The van der Waals surface area contributed by atoms with E-state index in [4.69, 9.17) is 0 Å². The zero-order chi connectivity index (χ0) is 18.0. The molecule has 1 heterocycles. The van der Waals surface area contributed by atoms with Crippen molar-refractivity contribution >= 4 is 32.4 Å². The van der Waals surface area contributed by atoms with Crippen LogP contribution in [0, 0.1) is 0 Å². The van der Waals surface area contributed by atoms with E-state index in [0.717, 1.165) is 23.6 Å². The SMILES string of the molecule is CCC[C@H](C)NC(=O)CCCN1c2cccc3cccc(c23)S1(=O)=O. The van der Waals surface area contributed by atoms with E-state index in [0.29, 0.717) is 30.0 Å². The van der Waals surface area contributed by atoms with Gasteiger partial charge in [0.1, 0.15) is 0 Å². The van der Waals surface area contributed by atoms with Crippen molar-refractivity contribution in [2.24, 2.45) is 0 Å². The standard InChI is InChI=1S/C19H24N2O3S/c1-3-7-14(2)20-18(22)12-6-13-21-16-10-4-8-15-9-5-11-17(19(15)16)25(21,23)24/h4-5,8-11,14H,3,6-7,12-13H2,1-2H3,(H,20,22)/t14-/m0/s1. The van der Waals surface area contributed by atoms with E-state index in [9.17, 15) is 13.2 Å². The number of hydrogen-bond donors (Lipinski definition) is 1. The summed E-state index contributed by atoms with van der Waals surface area (Å²) >= 11 is 0. The van der Waals surface area contributed by atoms with E-state index < -0.39 is 10.0 Å². The van der Waals surface area contributed by atoms with Gasteiger partial charge in [-0.25, -0.2) is 8.42 Å². The predicted octanol–water partition coefficient (Wildman–Crippen LogP) is 3.43. The molecule has 3 rings (SSSR count). The van der Waals surface area contributed by atoms with Crippen LogP contribution in [0.25, 0.3) is 10.8 Å². The van der Waals surface area contributed by atoms with Crippen molar-refractivity contribution in [1.82, 2.24) is 5.32 Å². The third kappa shape index (κ3) is 3.35. The van der Waals surface area contributed by atoms with Crippen molar-refractivity contribution in [2.45, 2.75) is 50.5 Å². The number of carbonyl (C=O) groups excluding carboxylic acids is 1. The fourth-order valence-electron chi connectivity index (χ4n) is 3.43. The molecule has 0 aliphatic carbocycles. The van der Waals surface area contributed by atoms with Crippen LogP contribution in [0.2, 0.25) is 0 Å². The molecule has 6 heteroatoms. The molecule has 0 bridgehead atoms. The number of carbonyl (C=O) groups is 1. The molecule has 1 N–H and O–H groups in total. The largest absolute Gasteiger partial charge is 0.354 e. The highest BCUT2D eigenvalue weighted by atomic mass is 32.2. The van der Waals surface area contributed by atoms with Crippen LogP contribution in [-0.2, 0) is 14.8 Å². The minimum atomic E-state index is -3.53.